The molecule has 1 amide bonds. The molecule has 2 aromatic heterocycles. The Kier molecular flexibility index (Phi) is 3.74. The molecule has 0 spiro atoms. The Morgan fingerprint density at radius 2 is 2.08 bits per heavy atom. The Labute approximate surface area is 143 Å². The lowest BCUT2D eigenvalue weighted by Gasteiger charge is -2.10. The number of carbonyl (C=O) groups is 1. The predicted octanol–water partition coefficient (Wildman–Crippen LogP) is 3.92. The highest BCUT2D eigenvalue weighted by molar-refractivity contribution is 7.13. The number of rotatable bonds is 4. The molecule has 0 aliphatic heterocycles. The number of benzene rings is 1. The summed E-state index contributed by atoms with van der Waals surface area (Å²) in [6, 6.07) is 9.32. The van der Waals surface area contributed by atoms with Crippen molar-refractivity contribution in [3.05, 3.63) is 59.5 Å². The maximum atomic E-state index is 12.4. The number of pyridine rings is 1. The first-order valence-corrected chi connectivity index (χ1v) is 8.64. The van der Waals surface area contributed by atoms with Crippen LogP contribution in [0.1, 0.15) is 34.8 Å². The van der Waals surface area contributed by atoms with Crippen molar-refractivity contribution < 1.29 is 4.79 Å². The average molecular weight is 336 g/mol. The van der Waals surface area contributed by atoms with Gasteiger partial charge in [-0.05, 0) is 48.1 Å². The highest BCUT2D eigenvalue weighted by Crippen LogP contribution is 2.39. The Bertz CT molecular complexity index is 871. The molecule has 1 aromatic carbocycles. The third kappa shape index (κ3) is 3.00. The summed E-state index contributed by atoms with van der Waals surface area (Å²) < 4.78 is 0. The summed E-state index contributed by atoms with van der Waals surface area (Å²) in [5.41, 5.74) is 11.4. The van der Waals surface area contributed by atoms with Crippen LogP contribution in [0.3, 0.4) is 0 Å². The van der Waals surface area contributed by atoms with Gasteiger partial charge in [-0.1, -0.05) is 12.1 Å². The molecule has 120 valence electrons. The summed E-state index contributed by atoms with van der Waals surface area (Å²) in [6.45, 7) is 0. The molecule has 6 heteroatoms. The third-order valence-corrected chi connectivity index (χ3v) is 4.91. The summed E-state index contributed by atoms with van der Waals surface area (Å²) in [5.74, 6) is 0.367. The fraction of sp³-hybridized carbons (Fsp3) is 0.167. The number of hydrogen-bond donors (Lipinski definition) is 2. The van der Waals surface area contributed by atoms with Gasteiger partial charge in [0.2, 0.25) is 0 Å². The van der Waals surface area contributed by atoms with Crippen molar-refractivity contribution in [2.45, 2.75) is 18.8 Å². The summed E-state index contributed by atoms with van der Waals surface area (Å²) in [5, 5.41) is 2.85. The van der Waals surface area contributed by atoms with Gasteiger partial charge in [0.25, 0.3) is 5.91 Å². The number of carbonyl (C=O) groups excluding carboxylic acids is 1. The quantitative estimate of drug-likeness (QED) is 0.708. The zero-order valence-corrected chi connectivity index (χ0v) is 13.7. The van der Waals surface area contributed by atoms with Crippen LogP contribution in [0.15, 0.2) is 48.2 Å². The van der Waals surface area contributed by atoms with Crippen molar-refractivity contribution in [3.63, 3.8) is 0 Å². The smallest absolute Gasteiger partial charge is 0.274 e. The molecular weight excluding hydrogens is 320 g/mol. The molecule has 0 saturated heterocycles. The molecule has 0 atom stereocenters. The van der Waals surface area contributed by atoms with Crippen LogP contribution in [0.2, 0.25) is 0 Å². The first kappa shape index (κ1) is 14.8. The molecule has 24 heavy (non-hydrogen) atoms. The molecule has 3 aromatic rings. The Morgan fingerprint density at radius 3 is 2.75 bits per heavy atom. The van der Waals surface area contributed by atoms with Crippen LogP contribution in [-0.4, -0.2) is 15.9 Å². The highest BCUT2D eigenvalue weighted by Gasteiger charge is 2.24. The number of hydrogen-bond acceptors (Lipinski definition) is 5. The van der Waals surface area contributed by atoms with E-state index in [1.54, 1.807) is 30.0 Å². The van der Waals surface area contributed by atoms with E-state index >= 15 is 0 Å². The van der Waals surface area contributed by atoms with Gasteiger partial charge in [0, 0.05) is 12.4 Å². The summed E-state index contributed by atoms with van der Waals surface area (Å²) >= 11 is 1.54. The number of aromatic nitrogens is 2. The molecule has 0 radical (unpaired) electrons. The first-order chi connectivity index (χ1) is 11.7. The van der Waals surface area contributed by atoms with Crippen LogP contribution < -0.4 is 11.1 Å². The Hall–Kier alpha value is -2.73. The Balaban J connectivity index is 1.55. The van der Waals surface area contributed by atoms with Crippen LogP contribution in [0.5, 0.6) is 0 Å². The Morgan fingerprint density at radius 1 is 1.21 bits per heavy atom. The zero-order valence-electron chi connectivity index (χ0n) is 12.9. The second kappa shape index (κ2) is 6.05. The second-order valence-corrected chi connectivity index (χ2v) is 6.76. The molecule has 2 heterocycles. The van der Waals surface area contributed by atoms with E-state index in [0.717, 1.165) is 10.4 Å². The van der Waals surface area contributed by atoms with Crippen LogP contribution >= 0.6 is 11.3 Å². The number of amides is 1. The van der Waals surface area contributed by atoms with E-state index in [1.165, 1.54) is 29.7 Å². The van der Waals surface area contributed by atoms with E-state index in [2.05, 4.69) is 15.3 Å². The second-order valence-electron chi connectivity index (χ2n) is 5.87. The van der Waals surface area contributed by atoms with Crippen molar-refractivity contribution in [3.8, 4) is 10.4 Å². The van der Waals surface area contributed by atoms with Crippen LogP contribution in [0.4, 0.5) is 11.4 Å². The minimum absolute atomic E-state index is 0.259. The van der Waals surface area contributed by atoms with E-state index in [-0.39, 0.29) is 5.91 Å². The fourth-order valence-corrected chi connectivity index (χ4v) is 3.18. The van der Waals surface area contributed by atoms with Gasteiger partial charge in [-0.25, -0.2) is 0 Å². The van der Waals surface area contributed by atoms with E-state index < -0.39 is 0 Å². The van der Waals surface area contributed by atoms with Crippen molar-refractivity contribution in [1.29, 1.82) is 0 Å². The van der Waals surface area contributed by atoms with Gasteiger partial charge in [-0.3, -0.25) is 14.8 Å². The predicted molar refractivity (Wildman–Crippen MR) is 96.1 cm³/mol. The molecule has 0 unspecified atom stereocenters. The van der Waals surface area contributed by atoms with Gasteiger partial charge < -0.3 is 11.1 Å². The van der Waals surface area contributed by atoms with E-state index in [1.807, 2.05) is 18.2 Å². The van der Waals surface area contributed by atoms with E-state index in [4.69, 9.17) is 5.73 Å². The first-order valence-electron chi connectivity index (χ1n) is 7.76. The molecule has 1 aliphatic rings. The molecular formula is C18H16N4OS. The summed E-state index contributed by atoms with van der Waals surface area (Å²) in [4.78, 5) is 21.8. The lowest BCUT2D eigenvalue weighted by molar-refractivity contribution is 0.102. The topological polar surface area (TPSA) is 80.9 Å². The molecule has 1 fully saturated rings. The van der Waals surface area contributed by atoms with Crippen LogP contribution in [0, 0.1) is 0 Å². The lowest BCUT2D eigenvalue weighted by atomic mass is 10.1. The van der Waals surface area contributed by atoms with Gasteiger partial charge in [0.05, 0.1) is 21.8 Å². The molecule has 1 saturated carbocycles. The van der Waals surface area contributed by atoms with Gasteiger partial charge in [-0.2, -0.15) is 0 Å². The largest absolute Gasteiger partial charge is 0.397 e. The van der Waals surface area contributed by atoms with Crippen molar-refractivity contribution in [2.75, 3.05) is 11.1 Å². The van der Waals surface area contributed by atoms with Gasteiger partial charge >= 0.3 is 0 Å². The SMILES string of the molecule is Nc1ccc(-c2cncs2)cc1NC(=O)c1ccc(C2CC2)cn1. The van der Waals surface area contributed by atoms with Crippen molar-refractivity contribution in [1.82, 2.24) is 9.97 Å². The minimum Gasteiger partial charge on any atom is -0.397 e. The fourth-order valence-electron chi connectivity index (χ4n) is 2.56. The maximum Gasteiger partial charge on any atom is 0.274 e. The number of nitrogen functional groups attached to an aromatic ring is 1. The molecule has 5 nitrogen and oxygen atoms in total. The monoisotopic (exact) mass is 336 g/mol. The van der Waals surface area contributed by atoms with Crippen LogP contribution in [0.25, 0.3) is 10.4 Å². The maximum absolute atomic E-state index is 12.4. The van der Waals surface area contributed by atoms with Gasteiger partial charge in [-0.15, -0.1) is 11.3 Å². The van der Waals surface area contributed by atoms with Gasteiger partial charge in [0.1, 0.15) is 5.69 Å². The third-order valence-electron chi connectivity index (χ3n) is 4.09. The molecule has 1 aliphatic carbocycles. The number of anilines is 2. The molecule has 0 bridgehead atoms. The van der Waals surface area contributed by atoms with Crippen molar-refractivity contribution in [2.24, 2.45) is 0 Å². The van der Waals surface area contributed by atoms with E-state index in [0.29, 0.717) is 23.0 Å². The van der Waals surface area contributed by atoms with Crippen LogP contribution in [-0.2, 0) is 0 Å². The lowest BCUT2D eigenvalue weighted by Crippen LogP contribution is -2.14. The highest BCUT2D eigenvalue weighted by atomic mass is 32.1. The van der Waals surface area contributed by atoms with E-state index in [9.17, 15) is 4.79 Å². The summed E-state index contributed by atoms with van der Waals surface area (Å²) in [7, 11) is 0. The standard InChI is InChI=1S/C18H16N4OS/c19-14-5-3-12(17-9-20-10-24-17)7-16(14)22-18(23)15-6-4-13(8-21-15)11-1-2-11/h3-11H,1-2,19H2,(H,22,23). The van der Waals surface area contributed by atoms with Gasteiger partial charge in [0.15, 0.2) is 0 Å². The number of thiazole rings is 1. The number of nitrogens with zero attached hydrogens (tertiary/aromatic N) is 2. The normalized spacial score (nSPS) is 13.7. The zero-order chi connectivity index (χ0) is 16.5. The minimum atomic E-state index is -0.259. The van der Waals surface area contributed by atoms with Crippen molar-refractivity contribution >= 4 is 28.6 Å². The number of nitrogens with two attached hydrogens (primary N) is 1. The molecule has 3 N–H and O–H groups in total. The average Bonchev–Trinajstić information content (AvgIpc) is 3.31. The molecule has 4 rings (SSSR count). The number of nitrogens with one attached hydrogen (secondary N) is 1. The summed E-state index contributed by atoms with van der Waals surface area (Å²) in [6.07, 6.45) is 6.02.